The Hall–Kier alpha value is -2.18. The lowest BCUT2D eigenvalue weighted by Gasteiger charge is -2.16. The van der Waals surface area contributed by atoms with Gasteiger partial charge < -0.3 is 20.6 Å². The number of anilines is 3. The number of nitrogens with one attached hydrogen (secondary N) is 2. The zero-order valence-electron chi connectivity index (χ0n) is 17.3. The molecule has 1 aromatic heterocycles. The Morgan fingerprint density at radius 1 is 1.21 bits per heavy atom. The van der Waals surface area contributed by atoms with Gasteiger partial charge in [-0.15, -0.1) is 0 Å². The van der Waals surface area contributed by atoms with E-state index < -0.39 is 0 Å². The molecule has 152 valence electrons. The van der Waals surface area contributed by atoms with Gasteiger partial charge in [-0.1, -0.05) is 13.0 Å². The molecular weight excluding hydrogens is 350 g/mol. The Morgan fingerprint density at radius 3 is 2.82 bits per heavy atom. The third kappa shape index (κ3) is 5.42. The molecule has 0 saturated carbocycles. The number of hydrogen-bond donors (Lipinski definition) is 3. The van der Waals surface area contributed by atoms with Crippen molar-refractivity contribution in [3.8, 4) is 0 Å². The van der Waals surface area contributed by atoms with E-state index in [1.54, 1.807) is 0 Å². The summed E-state index contributed by atoms with van der Waals surface area (Å²) in [5, 5.41) is 15.6. The van der Waals surface area contributed by atoms with Crippen molar-refractivity contribution in [3.05, 3.63) is 41.1 Å². The normalized spacial score (nSPS) is 17.1. The second-order valence-corrected chi connectivity index (χ2v) is 7.65. The first-order valence-corrected chi connectivity index (χ1v) is 10.4. The third-order valence-corrected chi connectivity index (χ3v) is 5.56. The monoisotopic (exact) mass is 383 g/mol. The van der Waals surface area contributed by atoms with Gasteiger partial charge in [0.25, 0.3) is 0 Å². The first-order chi connectivity index (χ1) is 13.6. The second-order valence-electron chi connectivity index (χ2n) is 7.65. The minimum absolute atomic E-state index is 0.261. The van der Waals surface area contributed by atoms with Gasteiger partial charge in [-0.05, 0) is 68.3 Å². The molecule has 6 heteroatoms. The van der Waals surface area contributed by atoms with Crippen LogP contribution in [-0.2, 0) is 12.8 Å². The number of aryl methyl sites for hydroxylation is 3. The number of likely N-dealkylation sites (tertiary alicyclic amines) is 1. The van der Waals surface area contributed by atoms with Crippen molar-refractivity contribution in [1.82, 2.24) is 14.9 Å². The predicted octanol–water partition coefficient (Wildman–Crippen LogP) is 3.38. The number of aromatic nitrogens is 2. The number of aliphatic hydroxyl groups is 1. The van der Waals surface area contributed by atoms with Crippen LogP contribution in [0.1, 0.15) is 36.6 Å². The van der Waals surface area contributed by atoms with Gasteiger partial charge in [-0.2, -0.15) is 4.98 Å². The Labute approximate surface area is 168 Å². The Kier molecular flexibility index (Phi) is 7.23. The van der Waals surface area contributed by atoms with Crippen molar-refractivity contribution in [2.45, 2.75) is 39.5 Å². The van der Waals surface area contributed by atoms with Crippen molar-refractivity contribution < 1.29 is 5.11 Å². The molecule has 1 unspecified atom stereocenters. The van der Waals surface area contributed by atoms with Crippen molar-refractivity contribution in [3.63, 3.8) is 0 Å². The van der Waals surface area contributed by atoms with Gasteiger partial charge in [0.15, 0.2) is 0 Å². The molecule has 1 fully saturated rings. The van der Waals surface area contributed by atoms with Crippen LogP contribution in [0, 0.1) is 12.8 Å². The molecule has 3 rings (SSSR count). The van der Waals surface area contributed by atoms with Crippen LogP contribution in [0.5, 0.6) is 0 Å². The van der Waals surface area contributed by atoms with Crippen LogP contribution in [-0.4, -0.2) is 53.3 Å². The van der Waals surface area contributed by atoms with Crippen molar-refractivity contribution in [2.75, 3.05) is 43.9 Å². The fourth-order valence-corrected chi connectivity index (χ4v) is 4.02. The number of rotatable bonds is 9. The van der Waals surface area contributed by atoms with Crippen LogP contribution in [0.4, 0.5) is 17.5 Å². The maximum atomic E-state index is 9.13. The third-order valence-electron chi connectivity index (χ3n) is 5.56. The highest BCUT2D eigenvalue weighted by atomic mass is 16.3. The summed E-state index contributed by atoms with van der Waals surface area (Å²) in [6.45, 7) is 7.49. The maximum absolute atomic E-state index is 9.13. The molecule has 1 aliphatic rings. The van der Waals surface area contributed by atoms with Crippen molar-refractivity contribution >= 4 is 17.5 Å². The van der Waals surface area contributed by atoms with E-state index in [-0.39, 0.29) is 6.61 Å². The molecule has 0 radical (unpaired) electrons. The highest BCUT2D eigenvalue weighted by Gasteiger charge is 2.21. The van der Waals surface area contributed by atoms with E-state index >= 15 is 0 Å². The average molecular weight is 384 g/mol. The fraction of sp³-hybridized carbons (Fsp3) is 0.545. The number of benzene rings is 1. The topological polar surface area (TPSA) is 73.3 Å². The quantitative estimate of drug-likeness (QED) is 0.616. The van der Waals surface area contributed by atoms with E-state index in [0.29, 0.717) is 5.95 Å². The summed E-state index contributed by atoms with van der Waals surface area (Å²) >= 11 is 0. The van der Waals surface area contributed by atoms with Crippen LogP contribution in [0.15, 0.2) is 24.3 Å². The van der Waals surface area contributed by atoms with Gasteiger partial charge in [-0.25, -0.2) is 4.98 Å². The van der Waals surface area contributed by atoms with Gasteiger partial charge in [-0.3, -0.25) is 0 Å². The summed E-state index contributed by atoms with van der Waals surface area (Å²) in [5.74, 6) is 2.16. The SMILES string of the molecule is CCc1ccc(Nc2nc(C)cc(NC)n2)cc1CCC1CCN(CCO)C1. The van der Waals surface area contributed by atoms with Crippen LogP contribution in [0.3, 0.4) is 0 Å². The molecule has 1 aliphatic heterocycles. The summed E-state index contributed by atoms with van der Waals surface area (Å²) in [6, 6.07) is 8.52. The molecule has 0 bridgehead atoms. The summed E-state index contributed by atoms with van der Waals surface area (Å²) < 4.78 is 0. The summed E-state index contributed by atoms with van der Waals surface area (Å²) in [6.07, 6.45) is 4.57. The summed E-state index contributed by atoms with van der Waals surface area (Å²) in [4.78, 5) is 11.4. The van der Waals surface area contributed by atoms with Crippen LogP contribution < -0.4 is 10.6 Å². The smallest absolute Gasteiger partial charge is 0.229 e. The molecule has 2 aromatic rings. The Balaban J connectivity index is 1.67. The molecule has 1 atom stereocenters. The van der Waals surface area contributed by atoms with Crippen LogP contribution in [0.2, 0.25) is 0 Å². The Morgan fingerprint density at radius 2 is 2.07 bits per heavy atom. The first kappa shape index (κ1) is 20.6. The molecule has 3 N–H and O–H groups in total. The lowest BCUT2D eigenvalue weighted by molar-refractivity contribution is 0.216. The minimum Gasteiger partial charge on any atom is -0.395 e. The fourth-order valence-electron chi connectivity index (χ4n) is 4.02. The average Bonchev–Trinajstić information content (AvgIpc) is 3.14. The lowest BCUT2D eigenvalue weighted by Crippen LogP contribution is -2.24. The van der Waals surface area contributed by atoms with Crippen LogP contribution >= 0.6 is 0 Å². The van der Waals surface area contributed by atoms with E-state index in [9.17, 15) is 0 Å². The molecule has 1 aromatic carbocycles. The Bertz CT molecular complexity index is 780. The number of aliphatic hydroxyl groups excluding tert-OH is 1. The maximum Gasteiger partial charge on any atom is 0.229 e. The molecule has 0 amide bonds. The van der Waals surface area contributed by atoms with Gasteiger partial charge in [0.2, 0.25) is 5.95 Å². The molecule has 0 spiro atoms. The van der Waals surface area contributed by atoms with Gasteiger partial charge >= 0.3 is 0 Å². The van der Waals surface area contributed by atoms with E-state index in [1.165, 1.54) is 24.0 Å². The van der Waals surface area contributed by atoms with Gasteiger partial charge in [0, 0.05) is 37.6 Å². The zero-order chi connectivity index (χ0) is 19.9. The standard InChI is InChI=1S/C22H33N5O/c1-4-18-7-8-20(25-22-24-16(2)13-21(23-3)26-22)14-19(18)6-5-17-9-10-27(15-17)11-12-28/h7-8,13-14,17,28H,4-6,9-12,15H2,1-3H3,(H2,23,24,25,26). The van der Waals surface area contributed by atoms with Gasteiger partial charge in [0.1, 0.15) is 5.82 Å². The van der Waals surface area contributed by atoms with E-state index in [4.69, 9.17) is 5.11 Å². The molecule has 0 aliphatic carbocycles. The number of nitrogens with zero attached hydrogens (tertiary/aromatic N) is 3. The molecular formula is C22H33N5O. The minimum atomic E-state index is 0.261. The van der Waals surface area contributed by atoms with E-state index in [0.717, 1.165) is 55.6 Å². The second kappa shape index (κ2) is 9.85. The molecule has 28 heavy (non-hydrogen) atoms. The summed E-state index contributed by atoms with van der Waals surface area (Å²) in [5.41, 5.74) is 4.79. The van der Waals surface area contributed by atoms with Crippen LogP contribution in [0.25, 0.3) is 0 Å². The molecule has 1 saturated heterocycles. The molecule has 6 nitrogen and oxygen atoms in total. The lowest BCUT2D eigenvalue weighted by atomic mass is 9.94. The predicted molar refractivity (Wildman–Crippen MR) is 115 cm³/mol. The summed E-state index contributed by atoms with van der Waals surface area (Å²) in [7, 11) is 1.87. The van der Waals surface area contributed by atoms with E-state index in [2.05, 4.69) is 50.6 Å². The largest absolute Gasteiger partial charge is 0.395 e. The highest BCUT2D eigenvalue weighted by Crippen LogP contribution is 2.25. The van der Waals surface area contributed by atoms with Crippen molar-refractivity contribution in [2.24, 2.45) is 5.92 Å². The van der Waals surface area contributed by atoms with Gasteiger partial charge in [0.05, 0.1) is 6.61 Å². The number of hydrogen-bond acceptors (Lipinski definition) is 6. The van der Waals surface area contributed by atoms with Crippen molar-refractivity contribution in [1.29, 1.82) is 0 Å². The van der Waals surface area contributed by atoms with E-state index in [1.807, 2.05) is 20.0 Å². The highest BCUT2D eigenvalue weighted by molar-refractivity contribution is 5.57. The zero-order valence-corrected chi connectivity index (χ0v) is 17.3. The first-order valence-electron chi connectivity index (χ1n) is 10.4. The molecule has 2 heterocycles. The number of β-amino-alcohol motifs (C(OH)–C–C–N with tert-alkyl or cyclic N) is 1.